The van der Waals surface area contributed by atoms with Gasteiger partial charge in [0.2, 0.25) is 11.0 Å². The van der Waals surface area contributed by atoms with E-state index in [0.717, 1.165) is 6.54 Å². The van der Waals surface area contributed by atoms with Crippen molar-refractivity contribution in [1.29, 1.82) is 0 Å². The minimum Gasteiger partial charge on any atom is -0.377 e. The first-order valence-electron chi connectivity index (χ1n) is 8.76. The molecule has 0 atom stereocenters. The molecule has 2 aromatic carbocycles. The summed E-state index contributed by atoms with van der Waals surface area (Å²) in [6.07, 6.45) is 2.39. The maximum Gasteiger partial charge on any atom is 0.215 e. The minimum absolute atomic E-state index is 1.05. The zero-order chi connectivity index (χ0) is 17.3. The Morgan fingerprint density at radius 2 is 1.25 bits per heavy atom. The molecule has 3 heteroatoms. The number of hydrogen-bond donors (Lipinski definition) is 0. The summed E-state index contributed by atoms with van der Waals surface area (Å²) in [6.45, 7) is 3.31. The Kier molecular flexibility index (Phi) is 4.61. The summed E-state index contributed by atoms with van der Waals surface area (Å²) < 4.78 is 2.49. The molecule has 3 rings (SSSR count). The molecule has 1 heterocycles. The summed E-state index contributed by atoms with van der Waals surface area (Å²) in [7, 11) is 8.40. The molecule has 24 heavy (non-hydrogen) atoms. The summed E-state index contributed by atoms with van der Waals surface area (Å²) in [6, 6.07) is 15.8. The second kappa shape index (κ2) is 6.68. The van der Waals surface area contributed by atoms with Gasteiger partial charge in [-0.1, -0.05) is 13.3 Å². The molecule has 0 saturated carbocycles. The molecule has 1 aromatic heterocycles. The second-order valence-electron chi connectivity index (χ2n) is 6.92. The van der Waals surface area contributed by atoms with Gasteiger partial charge in [-0.15, -0.1) is 0 Å². The first-order valence-corrected chi connectivity index (χ1v) is 8.76. The SMILES string of the molecule is CCCC[n+]1c2cc(N(C)C)ccc2cc2ccc(N(C)C)cc21. The first kappa shape index (κ1) is 16.6. The van der Waals surface area contributed by atoms with Gasteiger partial charge in [-0.05, 0) is 30.3 Å². The lowest BCUT2D eigenvalue weighted by molar-refractivity contribution is -0.645. The van der Waals surface area contributed by atoms with Crippen molar-refractivity contribution in [3.63, 3.8) is 0 Å². The van der Waals surface area contributed by atoms with Crippen molar-refractivity contribution >= 4 is 33.2 Å². The van der Waals surface area contributed by atoms with Crippen molar-refractivity contribution in [3.8, 4) is 0 Å². The van der Waals surface area contributed by atoms with E-state index in [1.54, 1.807) is 0 Å². The van der Waals surface area contributed by atoms with Gasteiger partial charge in [0, 0.05) is 68.9 Å². The van der Waals surface area contributed by atoms with Crippen LogP contribution < -0.4 is 14.4 Å². The van der Waals surface area contributed by atoms with E-state index < -0.39 is 0 Å². The van der Waals surface area contributed by atoms with Gasteiger partial charge in [0.25, 0.3) is 0 Å². The van der Waals surface area contributed by atoms with Crippen LogP contribution in [0.4, 0.5) is 11.4 Å². The van der Waals surface area contributed by atoms with Crippen LogP contribution in [0, 0.1) is 0 Å². The molecule has 3 nitrogen and oxygen atoms in total. The lowest BCUT2D eigenvalue weighted by Crippen LogP contribution is -2.36. The lowest BCUT2D eigenvalue weighted by atomic mass is 10.1. The largest absolute Gasteiger partial charge is 0.377 e. The highest BCUT2D eigenvalue weighted by atomic mass is 15.1. The van der Waals surface area contributed by atoms with Gasteiger partial charge in [0.05, 0.1) is 0 Å². The highest BCUT2D eigenvalue weighted by Gasteiger charge is 2.17. The van der Waals surface area contributed by atoms with Crippen molar-refractivity contribution in [2.75, 3.05) is 38.0 Å². The fourth-order valence-electron chi connectivity index (χ4n) is 3.19. The predicted octanol–water partition coefficient (Wildman–Crippen LogP) is 4.21. The van der Waals surface area contributed by atoms with Crippen molar-refractivity contribution in [3.05, 3.63) is 42.5 Å². The van der Waals surface area contributed by atoms with Crippen LogP contribution in [-0.4, -0.2) is 28.2 Å². The number of hydrogen-bond acceptors (Lipinski definition) is 2. The summed E-state index contributed by atoms with van der Waals surface area (Å²) in [5.74, 6) is 0. The molecule has 3 aromatic rings. The third-order valence-electron chi connectivity index (χ3n) is 4.69. The van der Waals surface area contributed by atoms with Crippen LogP contribution in [0.25, 0.3) is 21.8 Å². The number of nitrogens with zero attached hydrogens (tertiary/aromatic N) is 3. The molecule has 126 valence electrons. The summed E-state index contributed by atoms with van der Waals surface area (Å²) in [5, 5.41) is 2.61. The van der Waals surface area contributed by atoms with Crippen LogP contribution in [0.15, 0.2) is 42.5 Å². The number of fused-ring (bicyclic) bond motifs is 2. The quantitative estimate of drug-likeness (QED) is 0.514. The predicted molar refractivity (Wildman–Crippen MR) is 105 cm³/mol. The van der Waals surface area contributed by atoms with Crippen molar-refractivity contribution in [2.24, 2.45) is 0 Å². The fraction of sp³-hybridized carbons (Fsp3) is 0.381. The van der Waals surface area contributed by atoms with Crippen LogP contribution in [0.2, 0.25) is 0 Å². The minimum atomic E-state index is 1.05. The smallest absolute Gasteiger partial charge is 0.215 e. The molecule has 0 radical (unpaired) electrons. The monoisotopic (exact) mass is 322 g/mol. The lowest BCUT2D eigenvalue weighted by Gasteiger charge is -2.15. The average Bonchev–Trinajstić information content (AvgIpc) is 2.57. The molecule has 0 fully saturated rings. The number of aromatic nitrogens is 1. The molecule has 0 amide bonds. The summed E-state index contributed by atoms with van der Waals surface area (Å²) in [4.78, 5) is 4.34. The third kappa shape index (κ3) is 3.03. The van der Waals surface area contributed by atoms with E-state index in [1.165, 1.54) is 46.0 Å². The Balaban J connectivity index is 2.32. The molecule has 0 aliphatic heterocycles. The zero-order valence-corrected chi connectivity index (χ0v) is 15.5. The van der Waals surface area contributed by atoms with Gasteiger partial charge in [-0.2, -0.15) is 4.57 Å². The number of rotatable bonds is 5. The van der Waals surface area contributed by atoms with E-state index in [1.807, 2.05) is 0 Å². The highest BCUT2D eigenvalue weighted by Crippen LogP contribution is 2.25. The van der Waals surface area contributed by atoms with E-state index in [-0.39, 0.29) is 0 Å². The van der Waals surface area contributed by atoms with Crippen molar-refractivity contribution < 1.29 is 4.57 Å². The standard InChI is InChI=1S/C21H28N3/c1-6-7-12-24-20-14-18(22(2)3)10-8-16(20)13-17-9-11-19(23(4)5)15-21(17)24/h8-11,13-15H,6-7,12H2,1-5H3/q+1. The van der Waals surface area contributed by atoms with Crippen LogP contribution in [-0.2, 0) is 6.54 Å². The molecular weight excluding hydrogens is 294 g/mol. The Morgan fingerprint density at radius 3 is 1.67 bits per heavy atom. The van der Waals surface area contributed by atoms with E-state index in [2.05, 4.69) is 91.9 Å². The molecule has 0 saturated heterocycles. The topological polar surface area (TPSA) is 10.4 Å². The number of anilines is 2. The normalized spacial score (nSPS) is 11.2. The Morgan fingerprint density at radius 1 is 0.750 bits per heavy atom. The van der Waals surface area contributed by atoms with E-state index in [9.17, 15) is 0 Å². The average molecular weight is 322 g/mol. The van der Waals surface area contributed by atoms with Crippen LogP contribution in [0.5, 0.6) is 0 Å². The van der Waals surface area contributed by atoms with Crippen molar-refractivity contribution in [2.45, 2.75) is 26.3 Å². The molecular formula is C21H28N3+. The first-order chi connectivity index (χ1) is 11.5. The van der Waals surface area contributed by atoms with Crippen molar-refractivity contribution in [1.82, 2.24) is 0 Å². The molecule has 0 aliphatic carbocycles. The number of benzene rings is 2. The number of aryl methyl sites for hydroxylation is 1. The Bertz CT molecular complexity index is 800. The van der Waals surface area contributed by atoms with Gasteiger partial charge in [-0.3, -0.25) is 0 Å². The van der Waals surface area contributed by atoms with Crippen LogP contribution >= 0.6 is 0 Å². The van der Waals surface area contributed by atoms with Gasteiger partial charge < -0.3 is 9.80 Å². The highest BCUT2D eigenvalue weighted by molar-refractivity contribution is 5.91. The van der Waals surface area contributed by atoms with Crippen LogP contribution in [0.3, 0.4) is 0 Å². The van der Waals surface area contributed by atoms with Gasteiger partial charge in [0.15, 0.2) is 0 Å². The fourth-order valence-corrected chi connectivity index (χ4v) is 3.19. The molecule has 0 bridgehead atoms. The van der Waals surface area contributed by atoms with E-state index >= 15 is 0 Å². The Labute approximate surface area is 145 Å². The van der Waals surface area contributed by atoms with E-state index in [4.69, 9.17) is 0 Å². The van der Waals surface area contributed by atoms with Gasteiger partial charge >= 0.3 is 0 Å². The molecule has 0 aliphatic rings. The molecule has 0 N–H and O–H groups in total. The maximum atomic E-state index is 2.49. The molecule has 0 unspecified atom stereocenters. The molecule has 0 spiro atoms. The maximum absolute atomic E-state index is 2.49. The van der Waals surface area contributed by atoms with Gasteiger partial charge in [-0.25, -0.2) is 0 Å². The second-order valence-corrected chi connectivity index (χ2v) is 6.92. The van der Waals surface area contributed by atoms with E-state index in [0.29, 0.717) is 0 Å². The van der Waals surface area contributed by atoms with Gasteiger partial charge in [0.1, 0.15) is 6.54 Å². The third-order valence-corrected chi connectivity index (χ3v) is 4.69. The summed E-state index contributed by atoms with van der Waals surface area (Å²) in [5.41, 5.74) is 5.13. The Hall–Kier alpha value is -2.29. The zero-order valence-electron chi connectivity index (χ0n) is 15.5. The number of unbranched alkanes of at least 4 members (excludes halogenated alkanes) is 1. The summed E-state index contributed by atoms with van der Waals surface area (Å²) >= 11 is 0. The number of pyridine rings is 1. The van der Waals surface area contributed by atoms with Crippen LogP contribution in [0.1, 0.15) is 19.8 Å².